The van der Waals surface area contributed by atoms with Gasteiger partial charge in [0.15, 0.2) is 0 Å². The molecule has 4 nitrogen and oxygen atoms in total. The van der Waals surface area contributed by atoms with Gasteiger partial charge in [0.25, 0.3) is 0 Å². The van der Waals surface area contributed by atoms with Gasteiger partial charge in [-0.3, -0.25) is 0 Å². The third-order valence-electron chi connectivity index (χ3n) is 2.80. The Bertz CT molecular complexity index is 536. The number of rotatable bonds is 6. The fraction of sp³-hybridized carbons (Fsp3) is 0.500. The Hall–Kier alpha value is -1.33. The molecule has 0 aliphatic heterocycles. The number of hydrogen-bond acceptors (Lipinski definition) is 5. The van der Waals surface area contributed by atoms with E-state index in [4.69, 9.17) is 4.98 Å². The zero-order valence-electron chi connectivity index (χ0n) is 11.7. The highest BCUT2D eigenvalue weighted by Crippen LogP contribution is 2.27. The molecule has 0 bridgehead atoms. The summed E-state index contributed by atoms with van der Waals surface area (Å²) in [5.74, 6) is 0.790. The predicted octanol–water partition coefficient (Wildman–Crippen LogP) is 2.97. The standard InChI is InChI=1S/C14H20N4S/c1-4-6-11-13(9-15-5-2)19-14(18-11)12-7-8-16-10(3)17-12/h7-8,15H,4-6,9H2,1-3H3. The lowest BCUT2D eigenvalue weighted by Crippen LogP contribution is -2.11. The van der Waals surface area contributed by atoms with Crippen molar-refractivity contribution in [2.45, 2.75) is 40.2 Å². The molecule has 0 unspecified atom stereocenters. The van der Waals surface area contributed by atoms with Gasteiger partial charge < -0.3 is 5.32 Å². The quantitative estimate of drug-likeness (QED) is 0.881. The average Bonchev–Trinajstić information content (AvgIpc) is 2.80. The summed E-state index contributed by atoms with van der Waals surface area (Å²) in [6, 6.07) is 1.93. The molecule has 0 fully saturated rings. The summed E-state index contributed by atoms with van der Waals surface area (Å²) in [6.45, 7) is 8.09. The van der Waals surface area contributed by atoms with E-state index in [0.717, 1.165) is 42.5 Å². The van der Waals surface area contributed by atoms with Gasteiger partial charge in [0, 0.05) is 17.6 Å². The highest BCUT2D eigenvalue weighted by molar-refractivity contribution is 7.15. The number of aromatic nitrogens is 3. The second-order valence-corrected chi connectivity index (χ2v) is 5.49. The SMILES string of the molecule is CCCc1nc(-c2ccnc(C)n2)sc1CNCC. The summed E-state index contributed by atoms with van der Waals surface area (Å²) in [4.78, 5) is 14.7. The molecule has 0 aromatic carbocycles. The van der Waals surface area contributed by atoms with E-state index < -0.39 is 0 Å². The third kappa shape index (κ3) is 3.58. The van der Waals surface area contributed by atoms with Crippen LogP contribution in [0.4, 0.5) is 0 Å². The number of thiazole rings is 1. The van der Waals surface area contributed by atoms with Gasteiger partial charge in [0.05, 0.1) is 5.69 Å². The van der Waals surface area contributed by atoms with Crippen molar-refractivity contribution in [3.05, 3.63) is 28.7 Å². The normalized spacial score (nSPS) is 10.9. The molecule has 0 aliphatic carbocycles. The molecule has 2 aromatic rings. The highest BCUT2D eigenvalue weighted by Gasteiger charge is 2.12. The van der Waals surface area contributed by atoms with Crippen molar-refractivity contribution in [2.24, 2.45) is 0 Å². The van der Waals surface area contributed by atoms with Crippen LogP contribution in [0, 0.1) is 6.92 Å². The summed E-state index contributed by atoms with van der Waals surface area (Å²) in [5.41, 5.74) is 2.14. The highest BCUT2D eigenvalue weighted by atomic mass is 32.1. The Morgan fingerprint density at radius 3 is 2.79 bits per heavy atom. The fourth-order valence-corrected chi connectivity index (χ4v) is 2.92. The number of nitrogens with one attached hydrogen (secondary N) is 1. The van der Waals surface area contributed by atoms with E-state index in [1.54, 1.807) is 17.5 Å². The average molecular weight is 276 g/mol. The molecule has 5 heteroatoms. The smallest absolute Gasteiger partial charge is 0.142 e. The van der Waals surface area contributed by atoms with Crippen molar-refractivity contribution in [1.29, 1.82) is 0 Å². The van der Waals surface area contributed by atoms with Gasteiger partial charge in [-0.2, -0.15) is 0 Å². The predicted molar refractivity (Wildman–Crippen MR) is 79.3 cm³/mol. The molecule has 0 saturated carbocycles. The second-order valence-electron chi connectivity index (χ2n) is 4.41. The van der Waals surface area contributed by atoms with E-state index in [0.29, 0.717) is 0 Å². The lowest BCUT2D eigenvalue weighted by molar-refractivity contribution is 0.723. The van der Waals surface area contributed by atoms with Crippen LogP contribution in [-0.4, -0.2) is 21.5 Å². The van der Waals surface area contributed by atoms with Gasteiger partial charge >= 0.3 is 0 Å². The van der Waals surface area contributed by atoms with Crippen LogP contribution in [0.5, 0.6) is 0 Å². The Balaban J connectivity index is 2.30. The van der Waals surface area contributed by atoms with Gasteiger partial charge in [-0.25, -0.2) is 15.0 Å². The van der Waals surface area contributed by atoms with Crippen LogP contribution < -0.4 is 5.32 Å². The summed E-state index contributed by atoms with van der Waals surface area (Å²) in [6.07, 6.45) is 3.94. The van der Waals surface area contributed by atoms with E-state index in [1.807, 2.05) is 13.0 Å². The molecule has 0 radical (unpaired) electrons. The van der Waals surface area contributed by atoms with Crippen molar-refractivity contribution in [3.63, 3.8) is 0 Å². The maximum atomic E-state index is 4.75. The van der Waals surface area contributed by atoms with Crippen LogP contribution in [0.25, 0.3) is 10.7 Å². The number of nitrogens with zero attached hydrogens (tertiary/aromatic N) is 3. The van der Waals surface area contributed by atoms with Crippen LogP contribution in [0.2, 0.25) is 0 Å². The molecule has 0 saturated heterocycles. The van der Waals surface area contributed by atoms with Crippen LogP contribution in [0.3, 0.4) is 0 Å². The van der Waals surface area contributed by atoms with Crippen molar-refractivity contribution >= 4 is 11.3 Å². The number of hydrogen-bond donors (Lipinski definition) is 1. The first-order valence-electron chi connectivity index (χ1n) is 6.73. The van der Waals surface area contributed by atoms with Crippen molar-refractivity contribution in [3.8, 4) is 10.7 Å². The Kier molecular flexibility index (Phi) is 4.99. The van der Waals surface area contributed by atoms with Crippen LogP contribution >= 0.6 is 11.3 Å². The first kappa shape index (κ1) is 14.1. The largest absolute Gasteiger partial charge is 0.312 e. The third-order valence-corrected chi connectivity index (χ3v) is 3.92. The minimum atomic E-state index is 0.790. The Morgan fingerprint density at radius 2 is 2.11 bits per heavy atom. The number of aryl methyl sites for hydroxylation is 2. The molecule has 1 N–H and O–H groups in total. The van der Waals surface area contributed by atoms with E-state index in [9.17, 15) is 0 Å². The van der Waals surface area contributed by atoms with Gasteiger partial charge in [0.1, 0.15) is 16.5 Å². The maximum absolute atomic E-state index is 4.75. The molecule has 2 rings (SSSR count). The van der Waals surface area contributed by atoms with Gasteiger partial charge in [-0.1, -0.05) is 20.3 Å². The molecule has 2 aromatic heterocycles. The maximum Gasteiger partial charge on any atom is 0.142 e. The van der Waals surface area contributed by atoms with Crippen molar-refractivity contribution < 1.29 is 0 Å². The van der Waals surface area contributed by atoms with Gasteiger partial charge in [-0.15, -0.1) is 11.3 Å². The lowest BCUT2D eigenvalue weighted by atomic mass is 10.2. The zero-order chi connectivity index (χ0) is 13.7. The van der Waals surface area contributed by atoms with Gasteiger partial charge in [-0.05, 0) is 26.0 Å². The Labute approximate surface area is 118 Å². The monoisotopic (exact) mass is 276 g/mol. The zero-order valence-corrected chi connectivity index (χ0v) is 12.5. The first-order valence-corrected chi connectivity index (χ1v) is 7.55. The minimum Gasteiger partial charge on any atom is -0.312 e. The molecule has 19 heavy (non-hydrogen) atoms. The van der Waals surface area contributed by atoms with E-state index >= 15 is 0 Å². The molecule has 2 heterocycles. The Morgan fingerprint density at radius 1 is 1.26 bits per heavy atom. The first-order chi connectivity index (χ1) is 9.24. The fourth-order valence-electron chi connectivity index (χ4n) is 1.88. The summed E-state index contributed by atoms with van der Waals surface area (Å²) < 4.78 is 0. The van der Waals surface area contributed by atoms with Crippen molar-refractivity contribution in [2.75, 3.05) is 6.54 Å². The minimum absolute atomic E-state index is 0.790. The summed E-state index contributed by atoms with van der Waals surface area (Å²) >= 11 is 1.74. The molecule has 102 valence electrons. The second kappa shape index (κ2) is 6.73. The molecule has 0 atom stereocenters. The van der Waals surface area contributed by atoms with E-state index in [2.05, 4.69) is 29.1 Å². The van der Waals surface area contributed by atoms with Crippen LogP contribution in [0.1, 0.15) is 36.7 Å². The van der Waals surface area contributed by atoms with E-state index in [1.165, 1.54) is 10.6 Å². The molecule has 0 amide bonds. The van der Waals surface area contributed by atoms with Gasteiger partial charge in [0.2, 0.25) is 0 Å². The lowest BCUT2D eigenvalue weighted by Gasteiger charge is -2.00. The summed E-state index contributed by atoms with van der Waals surface area (Å²) in [5, 5.41) is 4.38. The van der Waals surface area contributed by atoms with E-state index in [-0.39, 0.29) is 0 Å². The van der Waals surface area contributed by atoms with Crippen molar-refractivity contribution in [1.82, 2.24) is 20.3 Å². The molecule has 0 spiro atoms. The topological polar surface area (TPSA) is 50.7 Å². The molecule has 0 aliphatic rings. The van der Waals surface area contributed by atoms with Crippen LogP contribution in [0.15, 0.2) is 12.3 Å². The van der Waals surface area contributed by atoms with Crippen LogP contribution in [-0.2, 0) is 13.0 Å². The molecular formula is C14H20N4S. The molecular weight excluding hydrogens is 256 g/mol. The summed E-state index contributed by atoms with van der Waals surface area (Å²) in [7, 11) is 0.